The number of benzene rings is 1. The Kier molecular flexibility index (Phi) is 4.74. The normalized spacial score (nSPS) is 24.8. The fourth-order valence-electron chi connectivity index (χ4n) is 4.10. The van der Waals surface area contributed by atoms with E-state index in [0.717, 1.165) is 24.8 Å². The van der Waals surface area contributed by atoms with Crippen molar-refractivity contribution in [3.05, 3.63) is 63.2 Å². The maximum absolute atomic E-state index is 12.6. The second-order valence-corrected chi connectivity index (χ2v) is 8.12. The molecule has 5 heteroatoms. The molecule has 3 rings (SSSR count). The van der Waals surface area contributed by atoms with E-state index in [2.05, 4.69) is 27.4 Å². The molecule has 5 nitrogen and oxygen atoms in total. The Hall–Kier alpha value is -2.43. The summed E-state index contributed by atoms with van der Waals surface area (Å²) in [5, 5.41) is 10.8. The van der Waals surface area contributed by atoms with Gasteiger partial charge < -0.3 is 4.74 Å². The summed E-state index contributed by atoms with van der Waals surface area (Å²) in [7, 11) is 0. The van der Waals surface area contributed by atoms with Gasteiger partial charge in [0.05, 0.1) is 10.5 Å². The van der Waals surface area contributed by atoms with Crippen LogP contribution in [0.1, 0.15) is 56.8 Å². The van der Waals surface area contributed by atoms with Gasteiger partial charge >= 0.3 is 5.97 Å². The molecule has 0 aromatic heterocycles. The Morgan fingerprint density at radius 3 is 2.58 bits per heavy atom. The zero-order valence-corrected chi connectivity index (χ0v) is 15.6. The van der Waals surface area contributed by atoms with E-state index in [1.807, 2.05) is 0 Å². The zero-order chi connectivity index (χ0) is 19.1. The molecule has 2 atom stereocenters. The van der Waals surface area contributed by atoms with Gasteiger partial charge in [-0.1, -0.05) is 37.1 Å². The Labute approximate surface area is 153 Å². The highest BCUT2D eigenvalue weighted by Gasteiger charge is 2.41. The van der Waals surface area contributed by atoms with Gasteiger partial charge in [0.25, 0.3) is 5.69 Å². The molecule has 1 saturated carbocycles. The molecule has 0 amide bonds. The van der Waals surface area contributed by atoms with Crippen molar-refractivity contribution >= 4 is 11.7 Å². The van der Waals surface area contributed by atoms with Crippen molar-refractivity contribution in [2.45, 2.75) is 52.6 Å². The van der Waals surface area contributed by atoms with Gasteiger partial charge in [0.1, 0.15) is 6.10 Å². The summed E-state index contributed by atoms with van der Waals surface area (Å²) < 4.78 is 5.85. The summed E-state index contributed by atoms with van der Waals surface area (Å²) in [6.45, 7) is 10.7. The number of nitro groups is 1. The van der Waals surface area contributed by atoms with E-state index < -0.39 is 10.9 Å². The average Bonchev–Trinajstić information content (AvgIpc) is 2.90. The number of esters is 1. The lowest BCUT2D eigenvalue weighted by molar-refractivity contribution is -0.384. The first-order valence-corrected chi connectivity index (χ1v) is 9.00. The molecular formula is C21H25NO4. The van der Waals surface area contributed by atoms with E-state index >= 15 is 0 Å². The highest BCUT2D eigenvalue weighted by atomic mass is 16.6. The average molecular weight is 355 g/mol. The van der Waals surface area contributed by atoms with Crippen molar-refractivity contribution in [2.75, 3.05) is 0 Å². The van der Waals surface area contributed by atoms with Crippen molar-refractivity contribution in [1.29, 1.82) is 0 Å². The van der Waals surface area contributed by atoms with E-state index in [0.29, 0.717) is 17.9 Å². The van der Waals surface area contributed by atoms with Crippen LogP contribution in [0.15, 0.2) is 47.6 Å². The standard InChI is InChI=1S/C21H25NO4/c1-13-5-10-17-14(2)11-19(21(3,4)12-18(13)17)26-20(23)15-6-8-16(9-7-15)22(24)25/h6-9,17,19H,2,5,10-12H2,1,3-4H3. The van der Waals surface area contributed by atoms with Crippen LogP contribution in [0, 0.1) is 21.4 Å². The summed E-state index contributed by atoms with van der Waals surface area (Å²) in [4.78, 5) is 22.8. The van der Waals surface area contributed by atoms with Crippen LogP contribution in [-0.4, -0.2) is 17.0 Å². The number of carbonyl (C=O) groups is 1. The topological polar surface area (TPSA) is 69.4 Å². The molecule has 2 unspecified atom stereocenters. The number of ether oxygens (including phenoxy) is 1. The summed E-state index contributed by atoms with van der Waals surface area (Å²) in [6.07, 6.45) is 3.54. The number of nitrogens with zero attached hydrogens (tertiary/aromatic N) is 1. The Morgan fingerprint density at radius 1 is 1.31 bits per heavy atom. The molecule has 2 aliphatic carbocycles. The number of hydrogen-bond acceptors (Lipinski definition) is 4. The minimum atomic E-state index is -0.484. The molecule has 0 saturated heterocycles. The molecule has 0 radical (unpaired) electrons. The van der Waals surface area contributed by atoms with Crippen LogP contribution >= 0.6 is 0 Å². The fraction of sp³-hybridized carbons (Fsp3) is 0.476. The van der Waals surface area contributed by atoms with E-state index in [1.54, 1.807) is 0 Å². The first kappa shape index (κ1) is 18.4. The van der Waals surface area contributed by atoms with Gasteiger partial charge in [0.15, 0.2) is 0 Å². The van der Waals surface area contributed by atoms with Crippen LogP contribution in [0.2, 0.25) is 0 Å². The van der Waals surface area contributed by atoms with Gasteiger partial charge in [-0.3, -0.25) is 10.1 Å². The lowest BCUT2D eigenvalue weighted by Gasteiger charge is -2.32. The molecular weight excluding hydrogens is 330 g/mol. The van der Waals surface area contributed by atoms with Gasteiger partial charge in [0.2, 0.25) is 0 Å². The highest BCUT2D eigenvalue weighted by Crippen LogP contribution is 2.49. The third-order valence-electron chi connectivity index (χ3n) is 5.80. The van der Waals surface area contributed by atoms with E-state index in [-0.39, 0.29) is 17.2 Å². The first-order chi connectivity index (χ1) is 12.2. The molecule has 0 N–H and O–H groups in total. The van der Waals surface area contributed by atoms with Crippen molar-refractivity contribution in [3.8, 4) is 0 Å². The number of nitro benzene ring substituents is 1. The maximum atomic E-state index is 12.6. The Bertz CT molecular complexity index is 789. The van der Waals surface area contributed by atoms with Crippen LogP contribution in [0.4, 0.5) is 5.69 Å². The predicted octanol–water partition coefficient (Wildman–Crippen LogP) is 5.22. The van der Waals surface area contributed by atoms with Crippen molar-refractivity contribution in [3.63, 3.8) is 0 Å². The first-order valence-electron chi connectivity index (χ1n) is 9.00. The van der Waals surface area contributed by atoms with E-state index in [4.69, 9.17) is 4.74 Å². The monoisotopic (exact) mass is 355 g/mol. The summed E-state index contributed by atoms with van der Waals surface area (Å²) in [5.41, 5.74) is 4.16. The van der Waals surface area contributed by atoms with Crippen molar-refractivity contribution < 1.29 is 14.5 Å². The Balaban J connectivity index is 1.80. The second kappa shape index (κ2) is 6.71. The minimum Gasteiger partial charge on any atom is -0.458 e. The molecule has 0 spiro atoms. The van der Waals surface area contributed by atoms with Crippen LogP contribution in [0.5, 0.6) is 0 Å². The summed E-state index contributed by atoms with van der Waals surface area (Å²) >= 11 is 0. The number of non-ortho nitro benzene ring substituents is 1. The van der Waals surface area contributed by atoms with Crippen LogP contribution in [0.25, 0.3) is 0 Å². The van der Waals surface area contributed by atoms with Gasteiger partial charge in [-0.25, -0.2) is 4.79 Å². The largest absolute Gasteiger partial charge is 0.458 e. The molecule has 0 heterocycles. The van der Waals surface area contributed by atoms with Crippen molar-refractivity contribution in [2.24, 2.45) is 11.3 Å². The molecule has 1 fully saturated rings. The molecule has 26 heavy (non-hydrogen) atoms. The molecule has 1 aromatic carbocycles. The number of rotatable bonds is 3. The Morgan fingerprint density at radius 2 is 1.96 bits per heavy atom. The molecule has 2 aliphatic rings. The molecule has 1 aromatic rings. The minimum absolute atomic E-state index is 0.0417. The third-order valence-corrected chi connectivity index (χ3v) is 5.80. The molecule has 138 valence electrons. The number of fused-ring (bicyclic) bond motifs is 1. The zero-order valence-electron chi connectivity index (χ0n) is 15.6. The van der Waals surface area contributed by atoms with E-state index in [9.17, 15) is 14.9 Å². The summed E-state index contributed by atoms with van der Waals surface area (Å²) in [6, 6.07) is 5.54. The smallest absolute Gasteiger partial charge is 0.338 e. The van der Waals surface area contributed by atoms with Gasteiger partial charge in [0, 0.05) is 29.9 Å². The van der Waals surface area contributed by atoms with Gasteiger partial charge in [-0.2, -0.15) is 0 Å². The second-order valence-electron chi connectivity index (χ2n) is 8.12. The fourth-order valence-corrected chi connectivity index (χ4v) is 4.10. The van der Waals surface area contributed by atoms with Crippen LogP contribution in [-0.2, 0) is 4.74 Å². The summed E-state index contributed by atoms with van der Waals surface area (Å²) in [5.74, 6) is -0.0270. The third kappa shape index (κ3) is 3.43. The lowest BCUT2D eigenvalue weighted by Crippen LogP contribution is -2.33. The number of allylic oxidation sites excluding steroid dienone is 2. The van der Waals surface area contributed by atoms with Crippen LogP contribution in [0.3, 0.4) is 0 Å². The van der Waals surface area contributed by atoms with Gasteiger partial charge in [-0.05, 0) is 38.3 Å². The SMILES string of the molecule is C=C1CC(OC(=O)c2ccc([N+](=O)[O-])cc2)C(C)(C)CC2=C(C)CCC12. The maximum Gasteiger partial charge on any atom is 0.338 e. The number of carbonyl (C=O) groups excluding carboxylic acids is 1. The van der Waals surface area contributed by atoms with E-state index in [1.165, 1.54) is 35.4 Å². The number of hydrogen-bond donors (Lipinski definition) is 0. The molecule has 0 bridgehead atoms. The van der Waals surface area contributed by atoms with Gasteiger partial charge in [-0.15, -0.1) is 0 Å². The van der Waals surface area contributed by atoms with Crippen molar-refractivity contribution in [1.82, 2.24) is 0 Å². The lowest BCUT2D eigenvalue weighted by atomic mass is 9.80. The quantitative estimate of drug-likeness (QED) is 0.322. The highest BCUT2D eigenvalue weighted by molar-refractivity contribution is 5.89. The molecule has 0 aliphatic heterocycles. The predicted molar refractivity (Wildman–Crippen MR) is 99.9 cm³/mol. The van der Waals surface area contributed by atoms with Crippen LogP contribution < -0.4 is 0 Å².